The van der Waals surface area contributed by atoms with Crippen molar-refractivity contribution in [3.05, 3.63) is 29.9 Å². The summed E-state index contributed by atoms with van der Waals surface area (Å²) in [6.07, 6.45) is 0.302. The molecule has 1 heterocycles. The molecule has 0 saturated carbocycles. The summed E-state index contributed by atoms with van der Waals surface area (Å²) in [5.41, 5.74) is 5.85. The van der Waals surface area contributed by atoms with Crippen LogP contribution in [0.5, 0.6) is 5.75 Å². The summed E-state index contributed by atoms with van der Waals surface area (Å²) in [7, 11) is -2.22. The van der Waals surface area contributed by atoms with Crippen LogP contribution in [-0.2, 0) is 16.4 Å². The van der Waals surface area contributed by atoms with E-state index in [0.29, 0.717) is 23.9 Å². The summed E-state index contributed by atoms with van der Waals surface area (Å²) >= 11 is 0. The number of hydrogen-bond donors (Lipinski definition) is 2. The van der Waals surface area contributed by atoms with E-state index in [-0.39, 0.29) is 17.1 Å². The Morgan fingerprint density at radius 2 is 2.19 bits per heavy atom. The van der Waals surface area contributed by atoms with E-state index in [0.717, 1.165) is 0 Å². The maximum atomic E-state index is 12.1. The molecule has 0 bridgehead atoms. The van der Waals surface area contributed by atoms with Crippen LogP contribution in [0.1, 0.15) is 11.7 Å². The zero-order valence-corrected chi connectivity index (χ0v) is 12.5. The fraction of sp³-hybridized carbons (Fsp3) is 0.333. The highest BCUT2D eigenvalue weighted by atomic mass is 32.2. The third-order valence-electron chi connectivity index (χ3n) is 2.71. The van der Waals surface area contributed by atoms with Gasteiger partial charge in [-0.05, 0) is 19.1 Å². The van der Waals surface area contributed by atoms with E-state index in [9.17, 15) is 8.42 Å². The molecule has 0 aliphatic heterocycles. The largest absolute Gasteiger partial charge is 0.497 e. The van der Waals surface area contributed by atoms with E-state index >= 15 is 0 Å². The van der Waals surface area contributed by atoms with E-state index in [1.807, 2.05) is 0 Å². The molecule has 0 unspecified atom stereocenters. The number of hydrogen-bond acceptors (Lipinski definition) is 7. The highest BCUT2D eigenvalue weighted by Crippen LogP contribution is 2.23. The lowest BCUT2D eigenvalue weighted by atomic mass is 10.3. The van der Waals surface area contributed by atoms with Crippen LogP contribution in [0.15, 0.2) is 27.6 Å². The topological polar surface area (TPSA) is 120 Å². The third-order valence-corrected chi connectivity index (χ3v) is 4.24. The zero-order valence-electron chi connectivity index (χ0n) is 11.7. The van der Waals surface area contributed by atoms with Crippen molar-refractivity contribution in [1.82, 2.24) is 14.9 Å². The van der Waals surface area contributed by atoms with Gasteiger partial charge in [0, 0.05) is 19.0 Å². The Hall–Kier alpha value is -2.13. The van der Waals surface area contributed by atoms with Gasteiger partial charge in [0.15, 0.2) is 5.82 Å². The summed E-state index contributed by atoms with van der Waals surface area (Å²) in [5, 5.41) is 3.63. The predicted octanol–water partition coefficient (Wildman–Crippen LogP) is 0.490. The van der Waals surface area contributed by atoms with Gasteiger partial charge in [-0.25, -0.2) is 13.1 Å². The Bertz CT molecular complexity index is 727. The molecule has 0 atom stereocenters. The summed E-state index contributed by atoms with van der Waals surface area (Å²) in [6, 6.07) is 4.38. The Kier molecular flexibility index (Phi) is 4.43. The van der Waals surface area contributed by atoms with Gasteiger partial charge in [0.1, 0.15) is 10.6 Å². The van der Waals surface area contributed by atoms with Crippen molar-refractivity contribution in [2.75, 3.05) is 19.4 Å². The van der Waals surface area contributed by atoms with Gasteiger partial charge in [0.25, 0.3) is 0 Å². The molecular weight excluding hydrogens is 296 g/mol. The number of ether oxygens (including phenoxy) is 1. The highest BCUT2D eigenvalue weighted by molar-refractivity contribution is 7.89. The third kappa shape index (κ3) is 3.70. The Morgan fingerprint density at radius 1 is 1.43 bits per heavy atom. The molecule has 0 radical (unpaired) electrons. The molecule has 1 aromatic carbocycles. The average molecular weight is 312 g/mol. The molecule has 21 heavy (non-hydrogen) atoms. The van der Waals surface area contributed by atoms with Gasteiger partial charge in [-0.15, -0.1) is 0 Å². The molecule has 8 nitrogen and oxygen atoms in total. The lowest BCUT2D eigenvalue weighted by Crippen LogP contribution is -2.26. The molecular formula is C12H16N4O4S. The normalized spacial score (nSPS) is 11.5. The van der Waals surface area contributed by atoms with Crippen LogP contribution in [-0.4, -0.2) is 32.2 Å². The minimum atomic E-state index is -3.70. The number of methoxy groups -OCH3 is 1. The smallest absolute Gasteiger partial charge is 0.242 e. The van der Waals surface area contributed by atoms with Crippen molar-refractivity contribution >= 4 is 15.7 Å². The fourth-order valence-electron chi connectivity index (χ4n) is 1.71. The number of nitrogen functional groups attached to an aromatic ring is 1. The molecule has 0 amide bonds. The van der Waals surface area contributed by atoms with Crippen molar-refractivity contribution in [3.8, 4) is 5.75 Å². The van der Waals surface area contributed by atoms with Crippen LogP contribution < -0.4 is 15.2 Å². The van der Waals surface area contributed by atoms with E-state index < -0.39 is 10.0 Å². The van der Waals surface area contributed by atoms with Crippen LogP contribution in [0.2, 0.25) is 0 Å². The fourth-order valence-corrected chi connectivity index (χ4v) is 2.85. The van der Waals surface area contributed by atoms with Crippen LogP contribution in [0.25, 0.3) is 0 Å². The highest BCUT2D eigenvalue weighted by Gasteiger charge is 2.18. The second-order valence-corrected chi connectivity index (χ2v) is 6.02. The van der Waals surface area contributed by atoms with Gasteiger partial charge in [0.05, 0.1) is 12.8 Å². The number of aryl methyl sites for hydroxylation is 1. The van der Waals surface area contributed by atoms with Crippen LogP contribution in [0.3, 0.4) is 0 Å². The van der Waals surface area contributed by atoms with E-state index in [4.69, 9.17) is 15.0 Å². The van der Waals surface area contributed by atoms with Gasteiger partial charge in [-0.1, -0.05) is 5.16 Å². The van der Waals surface area contributed by atoms with Gasteiger partial charge < -0.3 is 15.0 Å². The molecule has 114 valence electrons. The lowest BCUT2D eigenvalue weighted by molar-refractivity contribution is 0.375. The molecule has 0 spiro atoms. The van der Waals surface area contributed by atoms with Crippen molar-refractivity contribution in [1.29, 1.82) is 0 Å². The predicted molar refractivity (Wildman–Crippen MR) is 75.3 cm³/mol. The molecule has 9 heteroatoms. The van der Waals surface area contributed by atoms with Gasteiger partial charge in [0.2, 0.25) is 15.9 Å². The minimum absolute atomic E-state index is 0.00464. The Morgan fingerprint density at radius 3 is 2.76 bits per heavy atom. The van der Waals surface area contributed by atoms with Gasteiger partial charge in [-0.2, -0.15) is 4.98 Å². The van der Waals surface area contributed by atoms with Gasteiger partial charge in [-0.3, -0.25) is 0 Å². The number of nitrogens with zero attached hydrogens (tertiary/aromatic N) is 2. The van der Waals surface area contributed by atoms with E-state index in [1.165, 1.54) is 25.3 Å². The van der Waals surface area contributed by atoms with E-state index in [2.05, 4.69) is 14.9 Å². The number of sulfonamides is 1. The molecule has 0 aliphatic carbocycles. The zero-order chi connectivity index (χ0) is 15.5. The summed E-state index contributed by atoms with van der Waals surface area (Å²) in [5.74, 6) is 1.37. The number of anilines is 1. The maximum absolute atomic E-state index is 12.1. The van der Waals surface area contributed by atoms with Crippen molar-refractivity contribution in [2.45, 2.75) is 18.2 Å². The number of nitrogens with two attached hydrogens (primary N) is 1. The molecule has 3 N–H and O–H groups in total. The second kappa shape index (κ2) is 6.10. The van der Waals surface area contributed by atoms with Crippen LogP contribution in [0.4, 0.5) is 5.69 Å². The first-order valence-electron chi connectivity index (χ1n) is 6.15. The number of nitrogens with one attached hydrogen (secondary N) is 1. The molecule has 0 saturated heterocycles. The molecule has 2 rings (SSSR count). The first-order chi connectivity index (χ1) is 9.92. The maximum Gasteiger partial charge on any atom is 0.242 e. The van der Waals surface area contributed by atoms with Crippen molar-refractivity contribution in [3.63, 3.8) is 0 Å². The first-order valence-corrected chi connectivity index (χ1v) is 7.63. The molecule has 0 fully saturated rings. The lowest BCUT2D eigenvalue weighted by Gasteiger charge is -2.09. The summed E-state index contributed by atoms with van der Waals surface area (Å²) in [6.45, 7) is 1.82. The standard InChI is InChI=1S/C12H16N4O4S/c1-8-15-12(20-16-8)5-6-14-21(17,18)11-4-3-9(19-2)7-10(11)13/h3-4,7,14H,5-6,13H2,1-2H3. The second-order valence-electron chi connectivity index (χ2n) is 4.29. The monoisotopic (exact) mass is 312 g/mol. The summed E-state index contributed by atoms with van der Waals surface area (Å²) < 4.78 is 36.6. The Balaban J connectivity index is 2.04. The van der Waals surface area contributed by atoms with Crippen molar-refractivity contribution < 1.29 is 17.7 Å². The number of aromatic nitrogens is 2. The number of rotatable bonds is 6. The Labute approximate surface area is 122 Å². The van der Waals surface area contributed by atoms with Gasteiger partial charge >= 0.3 is 0 Å². The average Bonchev–Trinajstić information content (AvgIpc) is 2.83. The first kappa shape index (κ1) is 15.3. The van der Waals surface area contributed by atoms with E-state index in [1.54, 1.807) is 6.92 Å². The molecule has 1 aromatic heterocycles. The minimum Gasteiger partial charge on any atom is -0.497 e. The molecule has 0 aliphatic rings. The van der Waals surface area contributed by atoms with Crippen LogP contribution in [0, 0.1) is 6.92 Å². The SMILES string of the molecule is COc1ccc(S(=O)(=O)NCCc2nc(C)no2)c(N)c1. The number of benzene rings is 1. The molecule has 2 aromatic rings. The summed E-state index contributed by atoms with van der Waals surface area (Å²) in [4.78, 5) is 3.99. The quantitative estimate of drug-likeness (QED) is 0.745. The van der Waals surface area contributed by atoms with Crippen molar-refractivity contribution in [2.24, 2.45) is 0 Å². The van der Waals surface area contributed by atoms with Crippen LogP contribution >= 0.6 is 0 Å².